The van der Waals surface area contributed by atoms with Crippen molar-refractivity contribution < 1.29 is 9.18 Å². The molecule has 1 amide bonds. The van der Waals surface area contributed by atoms with E-state index in [1.807, 2.05) is 6.92 Å². The highest BCUT2D eigenvalue weighted by Gasteiger charge is 2.23. The van der Waals surface area contributed by atoms with Crippen LogP contribution in [0.25, 0.3) is 0 Å². The Balaban J connectivity index is 2.14. The van der Waals surface area contributed by atoms with Gasteiger partial charge in [-0.2, -0.15) is 0 Å². The van der Waals surface area contributed by atoms with Crippen molar-refractivity contribution in [1.29, 1.82) is 0 Å². The van der Waals surface area contributed by atoms with Crippen LogP contribution < -0.4 is 0 Å². The van der Waals surface area contributed by atoms with Crippen LogP contribution >= 0.6 is 15.9 Å². The van der Waals surface area contributed by atoms with Gasteiger partial charge >= 0.3 is 0 Å². The number of carbonyl (C=O) groups is 1. The van der Waals surface area contributed by atoms with Crippen LogP contribution in [0, 0.1) is 12.7 Å². The third-order valence-electron chi connectivity index (χ3n) is 3.59. The van der Waals surface area contributed by atoms with E-state index in [1.54, 1.807) is 11.0 Å². The maximum Gasteiger partial charge on any atom is 0.256 e. The van der Waals surface area contributed by atoms with Gasteiger partial charge in [0.15, 0.2) is 0 Å². The molecule has 0 aliphatic carbocycles. The zero-order chi connectivity index (χ0) is 14.0. The van der Waals surface area contributed by atoms with Crippen LogP contribution in [0.2, 0.25) is 0 Å². The molecule has 1 aliphatic rings. The summed E-state index contributed by atoms with van der Waals surface area (Å²) in [5, 5.41) is 0. The first-order chi connectivity index (χ1) is 9.02. The molecule has 1 aromatic rings. The third kappa shape index (κ3) is 3.15. The highest BCUT2D eigenvalue weighted by molar-refractivity contribution is 9.10. The second-order valence-corrected chi connectivity index (χ2v) is 5.66. The molecule has 0 spiro atoms. The molecule has 0 unspecified atom stereocenters. The number of likely N-dealkylation sites (N-methyl/N-ethyl adjacent to an activating group) is 1. The third-order valence-corrected chi connectivity index (χ3v) is 4.44. The lowest BCUT2D eigenvalue weighted by atomic mass is 10.1. The largest absolute Gasteiger partial charge is 0.336 e. The highest BCUT2D eigenvalue weighted by atomic mass is 79.9. The van der Waals surface area contributed by atoms with Gasteiger partial charge in [-0.05, 0) is 31.2 Å². The van der Waals surface area contributed by atoms with Crippen LogP contribution in [-0.4, -0.2) is 48.4 Å². The van der Waals surface area contributed by atoms with E-state index in [4.69, 9.17) is 0 Å². The predicted molar refractivity (Wildman–Crippen MR) is 76.9 cm³/mol. The molecule has 1 fully saturated rings. The SMILES string of the molecule is CCN1CCN(C(=O)c2cc(C)c(Br)cc2F)CC1. The topological polar surface area (TPSA) is 23.6 Å². The Morgan fingerprint density at radius 2 is 1.95 bits per heavy atom. The van der Waals surface area contributed by atoms with E-state index in [1.165, 1.54) is 6.07 Å². The molecule has 1 aliphatic heterocycles. The summed E-state index contributed by atoms with van der Waals surface area (Å²) in [6, 6.07) is 2.98. The quantitative estimate of drug-likeness (QED) is 0.833. The molecule has 19 heavy (non-hydrogen) atoms. The summed E-state index contributed by atoms with van der Waals surface area (Å²) < 4.78 is 14.6. The number of hydrogen-bond acceptors (Lipinski definition) is 2. The van der Waals surface area contributed by atoms with Gasteiger partial charge in [-0.15, -0.1) is 0 Å². The fourth-order valence-corrected chi connectivity index (χ4v) is 2.57. The van der Waals surface area contributed by atoms with E-state index >= 15 is 0 Å². The Morgan fingerprint density at radius 1 is 1.32 bits per heavy atom. The van der Waals surface area contributed by atoms with Gasteiger partial charge in [0.1, 0.15) is 5.82 Å². The fraction of sp³-hybridized carbons (Fsp3) is 0.500. The summed E-state index contributed by atoms with van der Waals surface area (Å²) in [7, 11) is 0. The lowest BCUT2D eigenvalue weighted by Crippen LogP contribution is -2.48. The van der Waals surface area contributed by atoms with Crippen molar-refractivity contribution in [3.63, 3.8) is 0 Å². The normalized spacial score (nSPS) is 16.7. The van der Waals surface area contributed by atoms with Crippen LogP contribution in [0.1, 0.15) is 22.8 Å². The first kappa shape index (κ1) is 14.5. The number of rotatable bonds is 2. The maximum absolute atomic E-state index is 13.9. The van der Waals surface area contributed by atoms with E-state index in [2.05, 4.69) is 27.8 Å². The molecule has 1 saturated heterocycles. The number of nitrogens with zero attached hydrogens (tertiary/aromatic N) is 2. The van der Waals surface area contributed by atoms with Gasteiger partial charge in [-0.3, -0.25) is 4.79 Å². The Hall–Kier alpha value is -0.940. The van der Waals surface area contributed by atoms with E-state index in [0.717, 1.165) is 25.2 Å². The van der Waals surface area contributed by atoms with E-state index in [0.29, 0.717) is 17.6 Å². The van der Waals surface area contributed by atoms with Gasteiger partial charge in [-0.1, -0.05) is 22.9 Å². The van der Waals surface area contributed by atoms with Gasteiger partial charge in [0, 0.05) is 30.7 Å². The van der Waals surface area contributed by atoms with Crippen molar-refractivity contribution in [3.05, 3.63) is 33.5 Å². The number of hydrogen-bond donors (Lipinski definition) is 0. The summed E-state index contributed by atoms with van der Waals surface area (Å²) in [4.78, 5) is 16.3. The molecule has 104 valence electrons. The average Bonchev–Trinajstić information content (AvgIpc) is 2.42. The second-order valence-electron chi connectivity index (χ2n) is 4.81. The maximum atomic E-state index is 13.9. The van der Waals surface area contributed by atoms with Crippen LogP contribution in [0.5, 0.6) is 0 Å². The summed E-state index contributed by atoms with van der Waals surface area (Å²) in [6.07, 6.45) is 0. The molecule has 3 nitrogen and oxygen atoms in total. The summed E-state index contributed by atoms with van der Waals surface area (Å²) in [6.45, 7) is 8.01. The highest BCUT2D eigenvalue weighted by Crippen LogP contribution is 2.22. The fourth-order valence-electron chi connectivity index (χ4n) is 2.26. The Morgan fingerprint density at radius 3 is 2.53 bits per heavy atom. The van der Waals surface area contributed by atoms with Crippen molar-refractivity contribution >= 4 is 21.8 Å². The van der Waals surface area contributed by atoms with E-state index in [9.17, 15) is 9.18 Å². The molecular weight excluding hydrogens is 311 g/mol. The molecular formula is C14H18BrFN2O. The molecule has 0 aromatic heterocycles. The Labute approximate surface area is 121 Å². The molecule has 0 saturated carbocycles. The molecule has 0 bridgehead atoms. The van der Waals surface area contributed by atoms with Crippen molar-refractivity contribution in [2.45, 2.75) is 13.8 Å². The first-order valence-electron chi connectivity index (χ1n) is 6.50. The van der Waals surface area contributed by atoms with Gasteiger partial charge in [0.25, 0.3) is 5.91 Å². The summed E-state index contributed by atoms with van der Waals surface area (Å²) >= 11 is 3.27. The molecule has 2 rings (SSSR count). The number of amides is 1. The second kappa shape index (κ2) is 6.01. The van der Waals surface area contributed by atoms with E-state index < -0.39 is 5.82 Å². The number of carbonyl (C=O) groups excluding carboxylic acids is 1. The zero-order valence-electron chi connectivity index (χ0n) is 11.2. The molecule has 5 heteroatoms. The number of piperazine rings is 1. The number of halogens is 2. The van der Waals surface area contributed by atoms with Gasteiger partial charge in [0.05, 0.1) is 5.56 Å². The first-order valence-corrected chi connectivity index (χ1v) is 7.29. The van der Waals surface area contributed by atoms with Gasteiger partial charge < -0.3 is 9.80 Å². The minimum atomic E-state index is -0.458. The lowest BCUT2D eigenvalue weighted by molar-refractivity contribution is 0.0638. The van der Waals surface area contributed by atoms with E-state index in [-0.39, 0.29) is 11.5 Å². The molecule has 0 atom stereocenters. The van der Waals surface area contributed by atoms with Crippen LogP contribution in [0.4, 0.5) is 4.39 Å². The van der Waals surface area contributed by atoms with Crippen LogP contribution in [0.3, 0.4) is 0 Å². The van der Waals surface area contributed by atoms with Crippen molar-refractivity contribution in [1.82, 2.24) is 9.80 Å². The van der Waals surface area contributed by atoms with Crippen molar-refractivity contribution in [3.8, 4) is 0 Å². The standard InChI is InChI=1S/C14H18BrFN2O/c1-3-17-4-6-18(7-5-17)14(19)11-8-10(2)12(15)9-13(11)16/h8-9H,3-7H2,1-2H3. The summed E-state index contributed by atoms with van der Waals surface area (Å²) in [5.41, 5.74) is 1.04. The number of benzene rings is 1. The zero-order valence-corrected chi connectivity index (χ0v) is 12.8. The van der Waals surface area contributed by atoms with Gasteiger partial charge in [-0.25, -0.2) is 4.39 Å². The van der Waals surface area contributed by atoms with Crippen molar-refractivity contribution in [2.75, 3.05) is 32.7 Å². The Kier molecular flexibility index (Phi) is 4.58. The summed E-state index contributed by atoms with van der Waals surface area (Å²) in [5.74, 6) is -0.663. The minimum Gasteiger partial charge on any atom is -0.336 e. The monoisotopic (exact) mass is 328 g/mol. The minimum absolute atomic E-state index is 0.172. The molecule has 1 aromatic carbocycles. The average molecular weight is 329 g/mol. The lowest BCUT2D eigenvalue weighted by Gasteiger charge is -2.34. The predicted octanol–water partition coefficient (Wildman–Crippen LogP) is 2.67. The Bertz CT molecular complexity index is 485. The molecule has 0 N–H and O–H groups in total. The van der Waals surface area contributed by atoms with Crippen LogP contribution in [-0.2, 0) is 0 Å². The van der Waals surface area contributed by atoms with Crippen LogP contribution in [0.15, 0.2) is 16.6 Å². The smallest absolute Gasteiger partial charge is 0.256 e. The van der Waals surface area contributed by atoms with Crippen molar-refractivity contribution in [2.24, 2.45) is 0 Å². The molecule has 0 radical (unpaired) electrons. The van der Waals surface area contributed by atoms with Gasteiger partial charge in [0.2, 0.25) is 0 Å². The molecule has 1 heterocycles. The number of aryl methyl sites for hydroxylation is 1.